The third-order valence-corrected chi connectivity index (χ3v) is 5.75. The maximum atomic E-state index is 12.6. The lowest BCUT2D eigenvalue weighted by Crippen LogP contribution is -2.52. The van der Waals surface area contributed by atoms with Crippen LogP contribution in [0.4, 0.5) is 0 Å². The Morgan fingerprint density at radius 1 is 1.33 bits per heavy atom. The highest BCUT2D eigenvalue weighted by Gasteiger charge is 2.42. The van der Waals surface area contributed by atoms with Crippen molar-refractivity contribution in [2.24, 2.45) is 0 Å². The molecule has 1 saturated carbocycles. The Morgan fingerprint density at radius 2 is 2.06 bits per heavy atom. The van der Waals surface area contributed by atoms with Gasteiger partial charge in [-0.3, -0.25) is 0 Å². The molecule has 0 amide bonds. The van der Waals surface area contributed by atoms with Crippen LogP contribution in [-0.4, -0.2) is 53.9 Å². The van der Waals surface area contributed by atoms with E-state index in [-0.39, 0.29) is 18.7 Å². The lowest BCUT2D eigenvalue weighted by atomic mass is 10.1. The number of aliphatic hydroxyl groups excluding tert-OH is 1. The first-order chi connectivity index (χ1) is 8.61. The van der Waals surface area contributed by atoms with E-state index in [1.165, 1.54) is 8.61 Å². The number of hydrogen-bond acceptors (Lipinski definition) is 3. The summed E-state index contributed by atoms with van der Waals surface area (Å²) in [5.74, 6) is 0. The van der Waals surface area contributed by atoms with Gasteiger partial charge in [0.15, 0.2) is 0 Å². The summed E-state index contributed by atoms with van der Waals surface area (Å²) in [4.78, 5) is 0. The van der Waals surface area contributed by atoms with Crippen molar-refractivity contribution in [2.75, 3.05) is 19.7 Å². The highest BCUT2D eigenvalue weighted by Crippen LogP contribution is 2.32. The zero-order chi connectivity index (χ0) is 13.2. The van der Waals surface area contributed by atoms with Crippen LogP contribution in [0.15, 0.2) is 12.7 Å². The summed E-state index contributed by atoms with van der Waals surface area (Å²) in [5, 5.41) is 9.35. The van der Waals surface area contributed by atoms with Crippen molar-refractivity contribution in [1.29, 1.82) is 0 Å². The van der Waals surface area contributed by atoms with Crippen LogP contribution >= 0.6 is 0 Å². The predicted octanol–water partition coefficient (Wildman–Crippen LogP) is 0.728. The van der Waals surface area contributed by atoms with E-state index in [1.54, 1.807) is 6.08 Å². The molecule has 18 heavy (non-hydrogen) atoms. The molecule has 0 aromatic heterocycles. The maximum absolute atomic E-state index is 12.6. The number of aliphatic hydroxyl groups is 1. The SMILES string of the molecule is C=CCN(C1CC1)S(=O)(=O)N1CCCCC1CO. The normalized spacial score (nSPS) is 26.4. The molecule has 1 heterocycles. The monoisotopic (exact) mass is 274 g/mol. The van der Waals surface area contributed by atoms with Crippen LogP contribution < -0.4 is 0 Å². The van der Waals surface area contributed by atoms with E-state index in [0.717, 1.165) is 32.1 Å². The first kappa shape index (κ1) is 14.0. The van der Waals surface area contributed by atoms with Gasteiger partial charge in [0.2, 0.25) is 0 Å². The number of rotatable bonds is 6. The second-order valence-electron chi connectivity index (χ2n) is 5.04. The molecule has 0 aromatic carbocycles. The zero-order valence-electron chi connectivity index (χ0n) is 10.7. The van der Waals surface area contributed by atoms with E-state index in [2.05, 4.69) is 6.58 Å². The molecule has 0 aromatic rings. The number of nitrogens with zero attached hydrogens (tertiary/aromatic N) is 2. The summed E-state index contributed by atoms with van der Waals surface area (Å²) >= 11 is 0. The first-order valence-electron chi connectivity index (χ1n) is 6.61. The van der Waals surface area contributed by atoms with Crippen LogP contribution in [-0.2, 0) is 10.2 Å². The Bertz CT molecular complexity index is 392. The molecule has 0 bridgehead atoms. The molecule has 0 spiro atoms. The zero-order valence-corrected chi connectivity index (χ0v) is 11.5. The van der Waals surface area contributed by atoms with Gasteiger partial charge in [-0.15, -0.1) is 6.58 Å². The average molecular weight is 274 g/mol. The summed E-state index contributed by atoms with van der Waals surface area (Å²) in [6.07, 6.45) is 6.12. The van der Waals surface area contributed by atoms with Gasteiger partial charge in [0, 0.05) is 25.2 Å². The largest absolute Gasteiger partial charge is 0.395 e. The molecule has 5 nitrogen and oxygen atoms in total. The maximum Gasteiger partial charge on any atom is 0.282 e. The van der Waals surface area contributed by atoms with Crippen LogP contribution in [0.2, 0.25) is 0 Å². The molecule has 6 heteroatoms. The minimum atomic E-state index is -3.45. The van der Waals surface area contributed by atoms with Crippen molar-refractivity contribution in [3.8, 4) is 0 Å². The van der Waals surface area contributed by atoms with E-state index in [4.69, 9.17) is 0 Å². The topological polar surface area (TPSA) is 60.9 Å². The van der Waals surface area contributed by atoms with Crippen molar-refractivity contribution in [3.05, 3.63) is 12.7 Å². The molecule has 2 fully saturated rings. The summed E-state index contributed by atoms with van der Waals surface area (Å²) < 4.78 is 28.3. The number of piperidine rings is 1. The van der Waals surface area contributed by atoms with E-state index in [0.29, 0.717) is 13.1 Å². The van der Waals surface area contributed by atoms with Gasteiger partial charge in [-0.2, -0.15) is 17.0 Å². The van der Waals surface area contributed by atoms with Crippen LogP contribution in [0, 0.1) is 0 Å². The highest BCUT2D eigenvalue weighted by molar-refractivity contribution is 7.86. The molecular formula is C12H22N2O3S. The van der Waals surface area contributed by atoms with Crippen LogP contribution in [0.3, 0.4) is 0 Å². The van der Waals surface area contributed by atoms with Crippen LogP contribution in [0.25, 0.3) is 0 Å². The first-order valence-corrected chi connectivity index (χ1v) is 8.01. The molecule has 104 valence electrons. The van der Waals surface area contributed by atoms with Crippen molar-refractivity contribution in [3.63, 3.8) is 0 Å². The fourth-order valence-electron chi connectivity index (χ4n) is 2.52. The lowest BCUT2D eigenvalue weighted by Gasteiger charge is -2.37. The average Bonchev–Trinajstić information content (AvgIpc) is 3.19. The standard InChI is InChI=1S/C12H22N2O3S/c1-2-8-13(11-6-7-11)18(16,17)14-9-4-3-5-12(14)10-15/h2,11-12,15H,1,3-10H2. The predicted molar refractivity (Wildman–Crippen MR) is 70.3 cm³/mol. The van der Waals surface area contributed by atoms with Gasteiger partial charge in [-0.1, -0.05) is 12.5 Å². The van der Waals surface area contributed by atoms with E-state index >= 15 is 0 Å². The third kappa shape index (κ3) is 2.77. The van der Waals surface area contributed by atoms with Crippen molar-refractivity contribution in [1.82, 2.24) is 8.61 Å². The fraction of sp³-hybridized carbons (Fsp3) is 0.833. The highest BCUT2D eigenvalue weighted by atomic mass is 32.2. The van der Waals surface area contributed by atoms with Crippen LogP contribution in [0.1, 0.15) is 32.1 Å². The Morgan fingerprint density at radius 3 is 2.61 bits per heavy atom. The van der Waals surface area contributed by atoms with Gasteiger partial charge in [0.25, 0.3) is 10.2 Å². The van der Waals surface area contributed by atoms with Gasteiger partial charge >= 0.3 is 0 Å². The molecule has 1 aliphatic heterocycles. The van der Waals surface area contributed by atoms with Gasteiger partial charge in [0.05, 0.1) is 6.61 Å². The van der Waals surface area contributed by atoms with Gasteiger partial charge < -0.3 is 5.11 Å². The fourth-order valence-corrected chi connectivity index (χ4v) is 4.58. The van der Waals surface area contributed by atoms with Crippen molar-refractivity contribution < 1.29 is 13.5 Å². The van der Waals surface area contributed by atoms with E-state index in [1.807, 2.05) is 0 Å². The second-order valence-corrected chi connectivity index (χ2v) is 6.87. The number of hydrogen-bond donors (Lipinski definition) is 1. The molecule has 1 unspecified atom stereocenters. The summed E-state index contributed by atoms with van der Waals surface area (Å²) in [6.45, 7) is 4.43. The van der Waals surface area contributed by atoms with Gasteiger partial charge in [0.1, 0.15) is 0 Å². The van der Waals surface area contributed by atoms with Gasteiger partial charge in [-0.05, 0) is 25.7 Å². The molecule has 1 N–H and O–H groups in total. The van der Waals surface area contributed by atoms with E-state index < -0.39 is 10.2 Å². The van der Waals surface area contributed by atoms with Crippen molar-refractivity contribution in [2.45, 2.75) is 44.2 Å². The Hall–Kier alpha value is -0.430. The van der Waals surface area contributed by atoms with Crippen LogP contribution in [0.5, 0.6) is 0 Å². The molecule has 2 aliphatic rings. The molecular weight excluding hydrogens is 252 g/mol. The molecule has 1 aliphatic carbocycles. The summed E-state index contributed by atoms with van der Waals surface area (Å²) in [7, 11) is -3.45. The van der Waals surface area contributed by atoms with E-state index in [9.17, 15) is 13.5 Å². The smallest absolute Gasteiger partial charge is 0.282 e. The molecule has 1 saturated heterocycles. The minimum absolute atomic E-state index is 0.0914. The van der Waals surface area contributed by atoms with Gasteiger partial charge in [-0.25, -0.2) is 0 Å². The molecule has 2 rings (SSSR count). The quantitative estimate of drug-likeness (QED) is 0.726. The molecule has 0 radical (unpaired) electrons. The minimum Gasteiger partial charge on any atom is -0.395 e. The Kier molecular flexibility index (Phi) is 4.42. The lowest BCUT2D eigenvalue weighted by molar-refractivity contribution is 0.148. The summed E-state index contributed by atoms with van der Waals surface area (Å²) in [6, 6.07) is -0.121. The summed E-state index contributed by atoms with van der Waals surface area (Å²) in [5.41, 5.74) is 0. The molecule has 1 atom stereocenters. The third-order valence-electron chi connectivity index (χ3n) is 3.64. The Labute approximate surface area is 109 Å². The van der Waals surface area contributed by atoms with Crippen molar-refractivity contribution >= 4 is 10.2 Å². The Balaban J connectivity index is 2.18. The second kappa shape index (κ2) is 5.69.